The number of aromatic nitrogens is 3. The summed E-state index contributed by atoms with van der Waals surface area (Å²) < 4.78 is 15.8. The number of allylic oxidation sites excluding steroid dienone is 1. The lowest BCUT2D eigenvalue weighted by Crippen LogP contribution is -2.31. The van der Waals surface area contributed by atoms with Gasteiger partial charge in [-0.3, -0.25) is 4.79 Å². The smallest absolute Gasteiger partial charge is 0.255 e. The Kier molecular flexibility index (Phi) is 6.47. The first-order valence-corrected chi connectivity index (χ1v) is 12.4. The SMILES string of the molecule is CC1=C(C(=O)Nc2ccccc2C)C(c2ccc(O)cc2)n2nc(SCc3ccccc3F)nc2N1. The Bertz CT molecular complexity index is 1470. The van der Waals surface area contributed by atoms with E-state index in [0.29, 0.717) is 33.7 Å². The first-order chi connectivity index (χ1) is 17.4. The third kappa shape index (κ3) is 4.70. The summed E-state index contributed by atoms with van der Waals surface area (Å²) in [7, 11) is 0. The highest BCUT2D eigenvalue weighted by atomic mass is 32.2. The summed E-state index contributed by atoms with van der Waals surface area (Å²) in [6, 6.07) is 20.3. The molecule has 0 saturated heterocycles. The van der Waals surface area contributed by atoms with Crippen molar-refractivity contribution in [3.8, 4) is 5.75 Å². The van der Waals surface area contributed by atoms with Crippen molar-refractivity contribution in [3.63, 3.8) is 0 Å². The number of phenolic OH excluding ortho intramolecular Hbond substituents is 1. The van der Waals surface area contributed by atoms with Gasteiger partial charge in [0.05, 0.1) is 5.57 Å². The molecule has 1 aliphatic rings. The predicted molar refractivity (Wildman–Crippen MR) is 138 cm³/mol. The van der Waals surface area contributed by atoms with Gasteiger partial charge in [-0.05, 0) is 54.8 Å². The fourth-order valence-corrected chi connectivity index (χ4v) is 4.93. The summed E-state index contributed by atoms with van der Waals surface area (Å²) in [5, 5.41) is 21.2. The maximum Gasteiger partial charge on any atom is 0.255 e. The molecule has 7 nitrogen and oxygen atoms in total. The van der Waals surface area contributed by atoms with E-state index < -0.39 is 6.04 Å². The average molecular weight is 502 g/mol. The van der Waals surface area contributed by atoms with Crippen LogP contribution in [-0.4, -0.2) is 25.8 Å². The number of carbonyl (C=O) groups is 1. The molecule has 1 aliphatic heterocycles. The molecule has 0 fully saturated rings. The molecule has 2 heterocycles. The Morgan fingerprint density at radius 1 is 1.08 bits per heavy atom. The molecular formula is C27H24FN5O2S. The van der Waals surface area contributed by atoms with Gasteiger partial charge in [0.25, 0.3) is 5.91 Å². The molecule has 0 radical (unpaired) electrons. The van der Waals surface area contributed by atoms with Gasteiger partial charge in [-0.15, -0.1) is 5.10 Å². The van der Waals surface area contributed by atoms with Gasteiger partial charge < -0.3 is 15.7 Å². The van der Waals surface area contributed by atoms with E-state index >= 15 is 0 Å². The number of hydrogen-bond acceptors (Lipinski definition) is 6. The van der Waals surface area contributed by atoms with Gasteiger partial charge in [0.2, 0.25) is 11.1 Å². The molecule has 3 aromatic carbocycles. The van der Waals surface area contributed by atoms with E-state index in [0.717, 1.165) is 16.8 Å². The fraction of sp³-hybridized carbons (Fsp3) is 0.148. The molecule has 0 aliphatic carbocycles. The second-order valence-electron chi connectivity index (χ2n) is 8.47. The monoisotopic (exact) mass is 501 g/mol. The van der Waals surface area contributed by atoms with Crippen molar-refractivity contribution in [2.24, 2.45) is 0 Å². The Morgan fingerprint density at radius 2 is 1.81 bits per heavy atom. The second-order valence-corrected chi connectivity index (χ2v) is 9.41. The van der Waals surface area contributed by atoms with Crippen molar-refractivity contribution in [1.82, 2.24) is 14.8 Å². The number of hydrogen-bond donors (Lipinski definition) is 3. The molecule has 3 N–H and O–H groups in total. The molecule has 36 heavy (non-hydrogen) atoms. The standard InChI is InChI=1S/C27H24FN5O2S/c1-16-7-3-6-10-22(16)30-25(35)23-17(2)29-26-31-27(36-15-19-8-4-5-9-21(19)28)32-33(26)24(23)18-11-13-20(34)14-12-18/h3-14,24,34H,15H2,1-2H3,(H,30,35)(H,29,31,32). The second kappa shape index (κ2) is 9.87. The highest BCUT2D eigenvalue weighted by Gasteiger charge is 2.34. The predicted octanol–water partition coefficient (Wildman–Crippen LogP) is 5.65. The zero-order valence-corrected chi connectivity index (χ0v) is 20.5. The Hall–Kier alpha value is -4.11. The van der Waals surface area contributed by atoms with Crippen LogP contribution in [0.3, 0.4) is 0 Å². The van der Waals surface area contributed by atoms with Crippen molar-refractivity contribution >= 4 is 29.3 Å². The number of amides is 1. The third-order valence-corrected chi connectivity index (χ3v) is 6.88. The number of thioether (sulfide) groups is 1. The quantitative estimate of drug-likeness (QED) is 0.296. The fourth-order valence-electron chi connectivity index (χ4n) is 4.11. The van der Waals surface area contributed by atoms with E-state index in [4.69, 9.17) is 0 Å². The van der Waals surface area contributed by atoms with Crippen LogP contribution >= 0.6 is 11.8 Å². The highest BCUT2D eigenvalue weighted by Crippen LogP contribution is 2.37. The van der Waals surface area contributed by atoms with Crippen molar-refractivity contribution in [2.75, 3.05) is 10.6 Å². The summed E-state index contributed by atoms with van der Waals surface area (Å²) in [5.74, 6) is 0.427. The van der Waals surface area contributed by atoms with E-state index in [2.05, 4.69) is 20.7 Å². The molecule has 1 unspecified atom stereocenters. The van der Waals surface area contributed by atoms with Crippen LogP contribution in [0.1, 0.15) is 29.7 Å². The van der Waals surface area contributed by atoms with Crippen LogP contribution in [-0.2, 0) is 10.5 Å². The minimum atomic E-state index is -0.582. The van der Waals surface area contributed by atoms with Crippen molar-refractivity contribution in [3.05, 3.63) is 107 Å². The lowest BCUT2D eigenvalue weighted by atomic mass is 9.95. The molecule has 0 saturated carbocycles. The van der Waals surface area contributed by atoms with Crippen LogP contribution in [0.4, 0.5) is 16.0 Å². The van der Waals surface area contributed by atoms with Crippen LogP contribution < -0.4 is 10.6 Å². The molecule has 1 amide bonds. The summed E-state index contributed by atoms with van der Waals surface area (Å²) in [6.07, 6.45) is 0. The summed E-state index contributed by atoms with van der Waals surface area (Å²) >= 11 is 1.31. The number of fused-ring (bicyclic) bond motifs is 1. The van der Waals surface area contributed by atoms with Gasteiger partial charge in [0, 0.05) is 17.1 Å². The zero-order chi connectivity index (χ0) is 25.2. The van der Waals surface area contributed by atoms with Gasteiger partial charge in [0.15, 0.2) is 0 Å². The van der Waals surface area contributed by atoms with Crippen LogP contribution in [0.25, 0.3) is 0 Å². The van der Waals surface area contributed by atoms with Gasteiger partial charge >= 0.3 is 0 Å². The molecule has 0 bridgehead atoms. The van der Waals surface area contributed by atoms with E-state index in [9.17, 15) is 14.3 Å². The number of aromatic hydroxyl groups is 1. The molecule has 1 atom stereocenters. The molecule has 9 heteroatoms. The number of para-hydroxylation sites is 1. The third-order valence-electron chi connectivity index (χ3n) is 5.99. The normalized spacial score (nSPS) is 14.8. The van der Waals surface area contributed by atoms with Crippen LogP contribution in [0.15, 0.2) is 89.2 Å². The first kappa shape index (κ1) is 23.6. The molecule has 0 spiro atoms. The van der Waals surface area contributed by atoms with Crippen molar-refractivity contribution in [2.45, 2.75) is 30.8 Å². The largest absolute Gasteiger partial charge is 0.508 e. The minimum Gasteiger partial charge on any atom is -0.508 e. The van der Waals surface area contributed by atoms with Gasteiger partial charge in [-0.1, -0.05) is 60.3 Å². The number of carbonyl (C=O) groups excluding carboxylic acids is 1. The average Bonchev–Trinajstić information content (AvgIpc) is 3.27. The lowest BCUT2D eigenvalue weighted by Gasteiger charge is -2.28. The van der Waals surface area contributed by atoms with Gasteiger partial charge in [-0.25, -0.2) is 9.07 Å². The number of benzene rings is 3. The number of anilines is 2. The number of halogens is 1. The summed E-state index contributed by atoms with van der Waals surface area (Å²) in [5.41, 5.74) is 4.11. The van der Waals surface area contributed by atoms with Crippen LogP contribution in [0.2, 0.25) is 0 Å². The van der Waals surface area contributed by atoms with Crippen molar-refractivity contribution < 1.29 is 14.3 Å². The van der Waals surface area contributed by atoms with Gasteiger partial charge in [-0.2, -0.15) is 4.98 Å². The Labute approximate surface area is 212 Å². The summed E-state index contributed by atoms with van der Waals surface area (Å²) in [6.45, 7) is 3.76. The maximum absolute atomic E-state index is 14.1. The van der Waals surface area contributed by atoms with Gasteiger partial charge in [0.1, 0.15) is 17.6 Å². The zero-order valence-electron chi connectivity index (χ0n) is 19.7. The minimum absolute atomic E-state index is 0.124. The molecule has 5 rings (SSSR count). The van der Waals surface area contributed by atoms with E-state index in [1.54, 1.807) is 47.1 Å². The number of nitrogens with zero attached hydrogens (tertiary/aromatic N) is 3. The summed E-state index contributed by atoms with van der Waals surface area (Å²) in [4.78, 5) is 18.2. The van der Waals surface area contributed by atoms with E-state index in [1.165, 1.54) is 17.8 Å². The molecule has 1 aromatic heterocycles. The highest BCUT2D eigenvalue weighted by molar-refractivity contribution is 7.98. The topological polar surface area (TPSA) is 92.1 Å². The molecule has 4 aromatic rings. The van der Waals surface area contributed by atoms with E-state index in [-0.39, 0.29) is 17.5 Å². The van der Waals surface area contributed by atoms with Crippen LogP contribution in [0, 0.1) is 12.7 Å². The molecular weight excluding hydrogens is 477 g/mol. The number of phenols is 1. The Morgan fingerprint density at radius 3 is 2.56 bits per heavy atom. The van der Waals surface area contributed by atoms with Crippen molar-refractivity contribution in [1.29, 1.82) is 0 Å². The molecule has 182 valence electrons. The Balaban J connectivity index is 1.50. The number of aryl methyl sites for hydroxylation is 1. The van der Waals surface area contributed by atoms with Crippen LogP contribution in [0.5, 0.6) is 5.75 Å². The number of nitrogens with one attached hydrogen (secondary N) is 2. The maximum atomic E-state index is 14.1. The first-order valence-electron chi connectivity index (χ1n) is 11.4. The van der Waals surface area contributed by atoms with E-state index in [1.807, 2.05) is 38.1 Å². The lowest BCUT2D eigenvalue weighted by molar-refractivity contribution is -0.113. The number of rotatable bonds is 6.